The lowest BCUT2D eigenvalue weighted by Crippen LogP contribution is -2.29. The summed E-state index contributed by atoms with van der Waals surface area (Å²) >= 11 is 5.75. The van der Waals surface area contributed by atoms with Gasteiger partial charge in [0.05, 0.1) is 6.42 Å². The zero-order chi connectivity index (χ0) is 12.0. The minimum Gasteiger partial charge on any atom is -0.356 e. The number of hydrogen-bond acceptors (Lipinski definition) is 2. The zero-order valence-corrected chi connectivity index (χ0v) is 10.1. The van der Waals surface area contributed by atoms with Gasteiger partial charge in [-0.3, -0.25) is 4.79 Å². The number of carbonyl (C=O) groups excluding carboxylic acids is 1. The van der Waals surface area contributed by atoms with Gasteiger partial charge in [-0.1, -0.05) is 23.7 Å². The number of nitrogens with one attached hydrogen (secondary N) is 1. The van der Waals surface area contributed by atoms with Crippen molar-refractivity contribution in [3.05, 3.63) is 34.9 Å². The maximum atomic E-state index is 11.5. The Bertz CT molecular complexity index is 335. The molecule has 1 atom stereocenters. The topological polar surface area (TPSA) is 55.1 Å². The second-order valence-corrected chi connectivity index (χ2v) is 4.36. The Morgan fingerprint density at radius 3 is 2.62 bits per heavy atom. The van der Waals surface area contributed by atoms with E-state index in [4.69, 9.17) is 17.3 Å². The molecule has 0 aromatic heterocycles. The molecule has 0 saturated carbocycles. The van der Waals surface area contributed by atoms with E-state index in [1.165, 1.54) is 0 Å². The molecule has 4 heteroatoms. The van der Waals surface area contributed by atoms with Gasteiger partial charge in [-0.25, -0.2) is 0 Å². The Balaban J connectivity index is 2.31. The summed E-state index contributed by atoms with van der Waals surface area (Å²) in [5, 5.41) is 3.51. The van der Waals surface area contributed by atoms with Crippen molar-refractivity contribution in [1.82, 2.24) is 5.32 Å². The molecule has 0 bridgehead atoms. The molecule has 0 aliphatic heterocycles. The maximum absolute atomic E-state index is 11.5. The summed E-state index contributed by atoms with van der Waals surface area (Å²) in [5.41, 5.74) is 6.54. The van der Waals surface area contributed by atoms with E-state index in [0.29, 0.717) is 18.0 Å². The van der Waals surface area contributed by atoms with Gasteiger partial charge in [-0.05, 0) is 31.0 Å². The van der Waals surface area contributed by atoms with Gasteiger partial charge in [0, 0.05) is 17.6 Å². The predicted octanol–water partition coefficient (Wildman–Crippen LogP) is 1.74. The molecule has 3 nitrogen and oxygen atoms in total. The molecule has 0 fully saturated rings. The molecule has 16 heavy (non-hydrogen) atoms. The van der Waals surface area contributed by atoms with Crippen molar-refractivity contribution in [2.24, 2.45) is 5.73 Å². The molecule has 0 aliphatic rings. The largest absolute Gasteiger partial charge is 0.356 e. The lowest BCUT2D eigenvalue weighted by Gasteiger charge is -2.07. The maximum Gasteiger partial charge on any atom is 0.224 e. The number of nitrogens with two attached hydrogens (primary N) is 1. The second-order valence-electron chi connectivity index (χ2n) is 3.92. The van der Waals surface area contributed by atoms with Gasteiger partial charge in [0.25, 0.3) is 0 Å². The van der Waals surface area contributed by atoms with Crippen LogP contribution in [0.15, 0.2) is 24.3 Å². The van der Waals surface area contributed by atoms with Gasteiger partial charge in [-0.2, -0.15) is 0 Å². The van der Waals surface area contributed by atoms with Crippen molar-refractivity contribution < 1.29 is 4.79 Å². The Morgan fingerprint density at radius 1 is 1.44 bits per heavy atom. The number of rotatable bonds is 5. The first-order valence-electron chi connectivity index (χ1n) is 5.34. The number of benzene rings is 1. The third-order valence-corrected chi connectivity index (χ3v) is 2.45. The third kappa shape index (κ3) is 5.14. The smallest absolute Gasteiger partial charge is 0.224 e. The van der Waals surface area contributed by atoms with Crippen LogP contribution in [0.25, 0.3) is 0 Å². The molecule has 88 valence electrons. The van der Waals surface area contributed by atoms with Crippen LogP contribution >= 0.6 is 11.6 Å². The highest BCUT2D eigenvalue weighted by molar-refractivity contribution is 6.30. The molecule has 3 N–H and O–H groups in total. The van der Waals surface area contributed by atoms with Crippen LogP contribution in [0.1, 0.15) is 18.9 Å². The van der Waals surface area contributed by atoms with Crippen molar-refractivity contribution in [1.29, 1.82) is 0 Å². The summed E-state index contributed by atoms with van der Waals surface area (Å²) in [6, 6.07) is 7.40. The molecular weight excluding hydrogens is 224 g/mol. The van der Waals surface area contributed by atoms with E-state index in [1.54, 1.807) is 12.1 Å². The SMILES string of the molecule is CC(N)CCNC(=O)Cc1ccc(Cl)cc1. The summed E-state index contributed by atoms with van der Waals surface area (Å²) in [6.45, 7) is 2.55. The first kappa shape index (κ1) is 13.0. The quantitative estimate of drug-likeness (QED) is 0.824. The van der Waals surface area contributed by atoms with E-state index in [-0.39, 0.29) is 11.9 Å². The van der Waals surface area contributed by atoms with E-state index in [1.807, 2.05) is 19.1 Å². The molecule has 1 unspecified atom stereocenters. The molecule has 0 aliphatic carbocycles. The molecule has 0 heterocycles. The lowest BCUT2D eigenvalue weighted by atomic mass is 10.1. The van der Waals surface area contributed by atoms with Crippen LogP contribution in [0.2, 0.25) is 5.02 Å². The van der Waals surface area contributed by atoms with Crippen molar-refractivity contribution in [2.45, 2.75) is 25.8 Å². The fourth-order valence-electron chi connectivity index (χ4n) is 1.29. The molecule has 1 aromatic rings. The Kier molecular flexibility index (Phi) is 5.29. The first-order valence-corrected chi connectivity index (χ1v) is 5.72. The van der Waals surface area contributed by atoms with Gasteiger partial charge in [0.2, 0.25) is 5.91 Å². The van der Waals surface area contributed by atoms with Crippen LogP contribution in [0.3, 0.4) is 0 Å². The van der Waals surface area contributed by atoms with Crippen molar-refractivity contribution in [2.75, 3.05) is 6.54 Å². The highest BCUT2D eigenvalue weighted by Crippen LogP contribution is 2.09. The summed E-state index contributed by atoms with van der Waals surface area (Å²) in [7, 11) is 0. The first-order chi connectivity index (χ1) is 7.58. The molecular formula is C12H17ClN2O. The number of halogens is 1. The van der Waals surface area contributed by atoms with Gasteiger partial charge in [-0.15, -0.1) is 0 Å². The second kappa shape index (κ2) is 6.51. The average molecular weight is 241 g/mol. The monoisotopic (exact) mass is 240 g/mol. The standard InChI is InChI=1S/C12H17ClN2O/c1-9(14)6-7-15-12(16)8-10-2-4-11(13)5-3-10/h2-5,9H,6-8,14H2,1H3,(H,15,16). The van der Waals surface area contributed by atoms with Crippen LogP contribution in [0.4, 0.5) is 0 Å². The van der Waals surface area contributed by atoms with Crippen LogP contribution in [0.5, 0.6) is 0 Å². The number of carbonyl (C=O) groups is 1. The van der Waals surface area contributed by atoms with Crippen LogP contribution in [-0.2, 0) is 11.2 Å². The summed E-state index contributed by atoms with van der Waals surface area (Å²) < 4.78 is 0. The molecule has 0 saturated heterocycles. The van der Waals surface area contributed by atoms with E-state index in [2.05, 4.69) is 5.32 Å². The van der Waals surface area contributed by atoms with Gasteiger partial charge < -0.3 is 11.1 Å². The molecule has 1 aromatic carbocycles. The van der Waals surface area contributed by atoms with Crippen molar-refractivity contribution in [3.8, 4) is 0 Å². The predicted molar refractivity (Wildman–Crippen MR) is 66.4 cm³/mol. The molecule has 1 rings (SSSR count). The van der Waals surface area contributed by atoms with Gasteiger partial charge in [0.15, 0.2) is 0 Å². The zero-order valence-electron chi connectivity index (χ0n) is 9.37. The van der Waals surface area contributed by atoms with E-state index < -0.39 is 0 Å². The normalized spacial score (nSPS) is 12.2. The molecule has 0 radical (unpaired) electrons. The minimum absolute atomic E-state index is 0.0166. The fraction of sp³-hybridized carbons (Fsp3) is 0.417. The average Bonchev–Trinajstić information content (AvgIpc) is 2.21. The van der Waals surface area contributed by atoms with Crippen LogP contribution < -0.4 is 11.1 Å². The Hall–Kier alpha value is -1.06. The summed E-state index contributed by atoms with van der Waals surface area (Å²) in [5.74, 6) is 0.0166. The van der Waals surface area contributed by atoms with Gasteiger partial charge in [0.1, 0.15) is 0 Å². The number of hydrogen-bond donors (Lipinski definition) is 2. The summed E-state index contributed by atoms with van der Waals surface area (Å²) in [4.78, 5) is 11.5. The van der Waals surface area contributed by atoms with Crippen LogP contribution in [-0.4, -0.2) is 18.5 Å². The van der Waals surface area contributed by atoms with Crippen molar-refractivity contribution in [3.63, 3.8) is 0 Å². The Morgan fingerprint density at radius 2 is 2.06 bits per heavy atom. The summed E-state index contributed by atoms with van der Waals surface area (Å²) in [6.07, 6.45) is 1.18. The van der Waals surface area contributed by atoms with E-state index in [9.17, 15) is 4.79 Å². The third-order valence-electron chi connectivity index (χ3n) is 2.20. The number of amides is 1. The molecule has 1 amide bonds. The highest BCUT2D eigenvalue weighted by Gasteiger charge is 2.03. The Labute approximate surface area is 101 Å². The van der Waals surface area contributed by atoms with Gasteiger partial charge >= 0.3 is 0 Å². The molecule has 0 spiro atoms. The minimum atomic E-state index is 0.0166. The van der Waals surface area contributed by atoms with Crippen molar-refractivity contribution >= 4 is 17.5 Å². The fourth-order valence-corrected chi connectivity index (χ4v) is 1.42. The van der Waals surface area contributed by atoms with E-state index in [0.717, 1.165) is 12.0 Å². The highest BCUT2D eigenvalue weighted by atomic mass is 35.5. The van der Waals surface area contributed by atoms with Crippen LogP contribution in [0, 0.1) is 0 Å². The lowest BCUT2D eigenvalue weighted by molar-refractivity contribution is -0.120. The van der Waals surface area contributed by atoms with E-state index >= 15 is 0 Å².